The highest BCUT2D eigenvalue weighted by atomic mass is 19.1. The molecule has 35 heavy (non-hydrogen) atoms. The second-order valence-electron chi connectivity index (χ2n) is 8.35. The molecule has 1 aliphatic rings. The molecule has 0 radical (unpaired) electrons. The van der Waals surface area contributed by atoms with E-state index in [0.717, 1.165) is 5.56 Å². The normalized spacial score (nSPS) is 14.3. The van der Waals surface area contributed by atoms with Crippen LogP contribution in [0.1, 0.15) is 22.3 Å². The van der Waals surface area contributed by atoms with Crippen LogP contribution >= 0.6 is 0 Å². The number of carbonyl (C=O) groups excluding carboxylic acids is 2. The Labute approximate surface area is 202 Å². The number of nitrogens with one attached hydrogen (secondary N) is 2. The lowest BCUT2D eigenvalue weighted by Gasteiger charge is -2.30. The maximum Gasteiger partial charge on any atom is 0.254 e. The first-order chi connectivity index (χ1) is 17.0. The summed E-state index contributed by atoms with van der Waals surface area (Å²) in [6, 6.07) is 18.8. The molecule has 1 atom stereocenters. The second kappa shape index (κ2) is 11.6. The van der Waals surface area contributed by atoms with Gasteiger partial charge in [-0.3, -0.25) is 9.59 Å². The molecule has 1 fully saturated rings. The molecule has 0 saturated carbocycles. The number of hydrogen-bond acceptors (Lipinski definition) is 4. The van der Waals surface area contributed by atoms with E-state index >= 15 is 0 Å². The molecule has 1 saturated heterocycles. The third kappa shape index (κ3) is 6.64. The molecule has 0 aliphatic carbocycles. The molecule has 182 valence electrons. The van der Waals surface area contributed by atoms with Crippen molar-refractivity contribution in [1.29, 1.82) is 0 Å². The molecule has 0 bridgehead atoms. The Balaban J connectivity index is 1.50. The van der Waals surface area contributed by atoms with E-state index in [1.807, 2.05) is 35.2 Å². The quantitative estimate of drug-likeness (QED) is 0.509. The Morgan fingerprint density at radius 1 is 0.943 bits per heavy atom. The summed E-state index contributed by atoms with van der Waals surface area (Å²) in [7, 11) is 0. The van der Waals surface area contributed by atoms with E-state index in [1.54, 1.807) is 12.1 Å². The predicted molar refractivity (Wildman–Crippen MR) is 130 cm³/mol. The van der Waals surface area contributed by atoms with Crippen molar-refractivity contribution in [3.05, 3.63) is 95.6 Å². The first kappa shape index (κ1) is 24.3. The minimum Gasteiger partial charge on any atom is -0.378 e. The van der Waals surface area contributed by atoms with Gasteiger partial charge in [-0.1, -0.05) is 42.5 Å². The second-order valence-corrected chi connectivity index (χ2v) is 8.35. The Kier molecular flexibility index (Phi) is 8.05. The van der Waals surface area contributed by atoms with Gasteiger partial charge in [0.25, 0.3) is 5.91 Å². The van der Waals surface area contributed by atoms with Crippen molar-refractivity contribution in [3.63, 3.8) is 0 Å². The number of carbonyl (C=O) groups is 2. The fourth-order valence-electron chi connectivity index (χ4n) is 4.09. The number of nitrogens with zero attached hydrogens (tertiary/aromatic N) is 1. The van der Waals surface area contributed by atoms with Gasteiger partial charge >= 0.3 is 0 Å². The average molecular weight is 480 g/mol. The van der Waals surface area contributed by atoms with Gasteiger partial charge in [0.1, 0.15) is 11.6 Å². The number of rotatable bonds is 8. The molecule has 0 spiro atoms. The highest BCUT2D eigenvalue weighted by Gasteiger charge is 2.22. The average Bonchev–Trinajstić information content (AvgIpc) is 2.85. The highest BCUT2D eigenvalue weighted by molar-refractivity contribution is 5.97. The summed E-state index contributed by atoms with van der Waals surface area (Å²) < 4.78 is 33.5. The standard InChI is InChI=1S/C27H27F2N3O3/c28-20-10-11-25(32-12-14-35-15-13-32)24(17-20)31-26(33)18-21(16-19-6-2-1-3-7-19)30-27(34)22-8-4-5-9-23(22)29/h1-11,17,21H,12-16,18H2,(H,30,34)(H,31,33). The predicted octanol–water partition coefficient (Wildman–Crippen LogP) is 4.17. The lowest BCUT2D eigenvalue weighted by Crippen LogP contribution is -2.40. The number of ether oxygens (including phenoxy) is 1. The van der Waals surface area contributed by atoms with E-state index in [9.17, 15) is 18.4 Å². The Hall–Kier alpha value is -3.78. The van der Waals surface area contributed by atoms with Gasteiger partial charge in [-0.15, -0.1) is 0 Å². The molecular weight excluding hydrogens is 452 g/mol. The summed E-state index contributed by atoms with van der Waals surface area (Å²) in [6.45, 7) is 2.35. The number of hydrogen-bond donors (Lipinski definition) is 2. The lowest BCUT2D eigenvalue weighted by atomic mass is 10.0. The zero-order valence-corrected chi connectivity index (χ0v) is 19.2. The zero-order valence-electron chi connectivity index (χ0n) is 19.2. The third-order valence-corrected chi connectivity index (χ3v) is 5.79. The van der Waals surface area contributed by atoms with Gasteiger partial charge in [0.05, 0.1) is 30.2 Å². The van der Waals surface area contributed by atoms with Gasteiger partial charge in [0.15, 0.2) is 0 Å². The van der Waals surface area contributed by atoms with Crippen LogP contribution in [-0.2, 0) is 16.0 Å². The third-order valence-electron chi connectivity index (χ3n) is 5.79. The minimum absolute atomic E-state index is 0.0752. The molecule has 6 nitrogen and oxygen atoms in total. The Morgan fingerprint density at radius 3 is 2.40 bits per heavy atom. The van der Waals surface area contributed by atoms with Gasteiger partial charge < -0.3 is 20.3 Å². The molecule has 2 N–H and O–H groups in total. The van der Waals surface area contributed by atoms with Gasteiger partial charge in [0, 0.05) is 25.6 Å². The highest BCUT2D eigenvalue weighted by Crippen LogP contribution is 2.28. The van der Waals surface area contributed by atoms with Crippen molar-refractivity contribution in [2.45, 2.75) is 18.9 Å². The fraction of sp³-hybridized carbons (Fsp3) is 0.259. The number of halogens is 2. The molecular formula is C27H27F2N3O3. The van der Waals surface area contributed by atoms with E-state index in [0.29, 0.717) is 44.1 Å². The van der Waals surface area contributed by atoms with Crippen LogP contribution in [0.15, 0.2) is 72.8 Å². The molecule has 2 amide bonds. The summed E-state index contributed by atoms with van der Waals surface area (Å²) in [5.74, 6) is -2.09. The Bertz CT molecular complexity index is 1170. The van der Waals surface area contributed by atoms with E-state index in [2.05, 4.69) is 10.6 Å². The van der Waals surface area contributed by atoms with Crippen LogP contribution < -0.4 is 15.5 Å². The first-order valence-electron chi connectivity index (χ1n) is 11.5. The SMILES string of the molecule is O=C(CC(Cc1ccccc1)NC(=O)c1ccccc1F)Nc1cc(F)ccc1N1CCOCC1. The molecule has 8 heteroatoms. The molecule has 0 aromatic heterocycles. The minimum atomic E-state index is -0.636. The van der Waals surface area contributed by atoms with Crippen LogP contribution in [0.3, 0.4) is 0 Å². The molecule has 3 aromatic carbocycles. The summed E-state index contributed by atoms with van der Waals surface area (Å²) in [4.78, 5) is 27.8. The first-order valence-corrected chi connectivity index (χ1v) is 11.5. The van der Waals surface area contributed by atoms with Crippen molar-refractivity contribution in [1.82, 2.24) is 5.32 Å². The lowest BCUT2D eigenvalue weighted by molar-refractivity contribution is -0.116. The summed E-state index contributed by atoms with van der Waals surface area (Å²) in [6.07, 6.45) is 0.294. The Morgan fingerprint density at radius 2 is 1.66 bits per heavy atom. The van der Waals surface area contributed by atoms with Crippen molar-refractivity contribution >= 4 is 23.2 Å². The van der Waals surface area contributed by atoms with Gasteiger partial charge in [0.2, 0.25) is 5.91 Å². The molecule has 1 aliphatic heterocycles. The monoisotopic (exact) mass is 479 g/mol. The summed E-state index contributed by atoms with van der Waals surface area (Å²) in [5, 5.41) is 5.59. The summed E-state index contributed by atoms with van der Waals surface area (Å²) >= 11 is 0. The van der Waals surface area contributed by atoms with Crippen LogP contribution in [0, 0.1) is 11.6 Å². The van der Waals surface area contributed by atoms with Crippen molar-refractivity contribution in [2.75, 3.05) is 36.5 Å². The van der Waals surface area contributed by atoms with Crippen LogP contribution in [0.2, 0.25) is 0 Å². The fourth-order valence-corrected chi connectivity index (χ4v) is 4.09. The summed E-state index contributed by atoms with van der Waals surface area (Å²) in [5.41, 5.74) is 1.89. The van der Waals surface area contributed by atoms with Gasteiger partial charge in [-0.05, 0) is 42.3 Å². The molecule has 3 aromatic rings. The van der Waals surface area contributed by atoms with Crippen molar-refractivity contribution in [2.24, 2.45) is 0 Å². The number of anilines is 2. The van der Waals surface area contributed by atoms with Gasteiger partial charge in [-0.25, -0.2) is 8.78 Å². The maximum atomic E-state index is 14.1. The molecule has 1 unspecified atom stereocenters. The number of benzene rings is 3. The number of morpholine rings is 1. The molecule has 4 rings (SSSR count). The largest absolute Gasteiger partial charge is 0.378 e. The van der Waals surface area contributed by atoms with E-state index in [-0.39, 0.29) is 17.9 Å². The van der Waals surface area contributed by atoms with Gasteiger partial charge in [-0.2, -0.15) is 0 Å². The van der Waals surface area contributed by atoms with E-state index < -0.39 is 23.6 Å². The van der Waals surface area contributed by atoms with Crippen LogP contribution in [0.4, 0.5) is 20.2 Å². The topological polar surface area (TPSA) is 70.7 Å². The zero-order chi connectivity index (χ0) is 24.6. The van der Waals surface area contributed by atoms with Crippen LogP contribution in [0.25, 0.3) is 0 Å². The van der Waals surface area contributed by atoms with Crippen molar-refractivity contribution in [3.8, 4) is 0 Å². The molecule has 1 heterocycles. The van der Waals surface area contributed by atoms with E-state index in [4.69, 9.17) is 4.74 Å². The maximum absolute atomic E-state index is 14.1. The van der Waals surface area contributed by atoms with E-state index in [1.165, 1.54) is 30.3 Å². The van der Waals surface area contributed by atoms with Crippen LogP contribution in [0.5, 0.6) is 0 Å². The van der Waals surface area contributed by atoms with Crippen LogP contribution in [-0.4, -0.2) is 44.2 Å². The smallest absolute Gasteiger partial charge is 0.254 e. The van der Waals surface area contributed by atoms with Crippen molar-refractivity contribution < 1.29 is 23.1 Å². The number of amides is 2.